The van der Waals surface area contributed by atoms with Crippen molar-refractivity contribution in [2.45, 2.75) is 51.5 Å². The minimum Gasteiger partial charge on any atom is -0.480 e. The van der Waals surface area contributed by atoms with Crippen molar-refractivity contribution in [2.24, 2.45) is 11.8 Å². The minimum absolute atomic E-state index is 0.402. The van der Waals surface area contributed by atoms with Crippen LogP contribution in [-0.4, -0.2) is 67.7 Å². The Morgan fingerprint density at radius 2 is 2.00 bits per heavy atom. The molecular weight excluding hydrogens is 352 g/mol. The van der Waals surface area contributed by atoms with Crippen molar-refractivity contribution < 1.29 is 35.9 Å². The molecule has 0 unspecified atom stereocenters. The fourth-order valence-electron chi connectivity index (χ4n) is 2.54. The van der Waals surface area contributed by atoms with Crippen molar-refractivity contribution in [1.82, 2.24) is 10.6 Å². The van der Waals surface area contributed by atoms with E-state index in [-0.39, 0.29) is 0 Å². The summed E-state index contributed by atoms with van der Waals surface area (Å²) in [6, 6.07) is -1.39. The zero-order valence-electron chi connectivity index (χ0n) is 15.4. The molecule has 5 atom stereocenters. The fourth-order valence-corrected chi connectivity index (χ4v) is 3.59. The summed E-state index contributed by atoms with van der Waals surface area (Å²) in [6.45, 7) is 5.37. The Morgan fingerprint density at radius 3 is 2.36 bits per heavy atom. The largest absolute Gasteiger partial charge is 0.480 e. The molecule has 1 rings (SSSR count). The van der Waals surface area contributed by atoms with Gasteiger partial charge >= 0.3 is 5.97 Å². The van der Waals surface area contributed by atoms with Crippen molar-refractivity contribution >= 4 is 34.7 Å². The number of aliphatic hydroxyl groups excluding tert-OH is 1. The van der Waals surface area contributed by atoms with Crippen LogP contribution in [0.5, 0.6) is 0 Å². The highest BCUT2D eigenvalue weighted by Crippen LogP contribution is 2.36. The molecule has 5 N–H and O–H groups in total. The maximum absolute atomic E-state index is 12.8. The second-order valence-corrected chi connectivity index (χ2v) is 7.25. The second kappa shape index (κ2) is 8.15. The molecule has 2 amide bonds. The van der Waals surface area contributed by atoms with Crippen molar-refractivity contribution in [3.8, 4) is 0 Å². The average Bonchev–Trinajstić information content (AvgIpc) is 2.75. The molecular formula is C15H24N2O7S. The van der Waals surface area contributed by atoms with Crippen LogP contribution in [0.15, 0.2) is 0 Å². The highest BCUT2D eigenvalue weighted by molar-refractivity contribution is 8.13. The molecule has 142 valence electrons. The molecule has 10 heteroatoms. The Hall–Kier alpha value is -1.65. The summed E-state index contributed by atoms with van der Waals surface area (Å²) >= 11 is 0.414. The lowest BCUT2D eigenvalue weighted by molar-refractivity contribution is -0.140. The first-order valence-electron chi connectivity index (χ1n) is 8.18. The van der Waals surface area contributed by atoms with Gasteiger partial charge in [-0.3, -0.25) is 14.4 Å². The second-order valence-electron chi connectivity index (χ2n) is 6.26. The van der Waals surface area contributed by atoms with Gasteiger partial charge in [-0.2, -0.15) is 0 Å². The van der Waals surface area contributed by atoms with Crippen LogP contribution >= 0.6 is 11.8 Å². The predicted octanol–water partition coefficient (Wildman–Crippen LogP) is -1.28. The molecule has 9 nitrogen and oxygen atoms in total. The predicted molar refractivity (Wildman–Crippen MR) is 89.6 cm³/mol. The zero-order valence-corrected chi connectivity index (χ0v) is 15.2. The Balaban J connectivity index is 3.17. The highest BCUT2D eigenvalue weighted by Gasteiger charge is 2.60. The summed E-state index contributed by atoms with van der Waals surface area (Å²) < 4.78 is 8.21. The molecule has 0 radical (unpaired) electrons. The molecule has 0 saturated carbocycles. The first-order chi connectivity index (χ1) is 11.8. The third-order valence-electron chi connectivity index (χ3n) is 3.98. The number of carboxylic acid groups (broad SMARTS) is 1. The zero-order chi connectivity index (χ0) is 20.4. The van der Waals surface area contributed by atoms with Crippen LogP contribution in [0.4, 0.5) is 0 Å². The van der Waals surface area contributed by atoms with Gasteiger partial charge in [-0.15, -0.1) is 0 Å². The normalized spacial score (nSPS) is 30.2. The summed E-state index contributed by atoms with van der Waals surface area (Å²) in [5.41, 5.74) is -2.32. The van der Waals surface area contributed by atoms with Gasteiger partial charge in [0.1, 0.15) is 6.04 Å². The van der Waals surface area contributed by atoms with E-state index in [1.807, 2.05) is 0 Å². The van der Waals surface area contributed by atoms with Crippen molar-refractivity contribution in [3.05, 3.63) is 0 Å². The highest BCUT2D eigenvalue weighted by atomic mass is 32.2. The van der Waals surface area contributed by atoms with Gasteiger partial charge in [0, 0.05) is 12.7 Å². The number of hydrogen-bond acceptors (Lipinski definition) is 7. The van der Waals surface area contributed by atoms with E-state index in [1.54, 1.807) is 0 Å². The van der Waals surface area contributed by atoms with Gasteiger partial charge in [0.15, 0.2) is 5.54 Å². The average molecular weight is 378 g/mol. The number of amides is 2. The number of thioether (sulfide) groups is 1. The van der Waals surface area contributed by atoms with E-state index in [4.69, 9.17) is 6.48 Å². The molecule has 1 fully saturated rings. The first-order valence-corrected chi connectivity index (χ1v) is 8.67. The molecule has 0 aromatic rings. The van der Waals surface area contributed by atoms with Crippen LogP contribution in [0.2, 0.25) is 0 Å². The number of aliphatic carboxylic acids is 1. The fraction of sp³-hybridized carbons (Fsp3) is 0.733. The third-order valence-corrected chi connectivity index (χ3v) is 5.06. The molecule has 0 aromatic carbocycles. The molecule has 1 aliphatic heterocycles. The van der Waals surface area contributed by atoms with Crippen LogP contribution in [0.1, 0.15) is 29.1 Å². The number of carbonyl (C=O) groups excluding carboxylic acids is 3. The lowest BCUT2D eigenvalue weighted by atomic mass is 9.81. The van der Waals surface area contributed by atoms with Gasteiger partial charge in [-0.05, 0) is 5.92 Å². The van der Waals surface area contributed by atoms with Crippen molar-refractivity contribution in [1.29, 1.82) is 0 Å². The Morgan fingerprint density at radius 1 is 1.44 bits per heavy atom. The quantitative estimate of drug-likeness (QED) is 0.367. The summed E-state index contributed by atoms with van der Waals surface area (Å²) in [5, 5.41) is 33.6. The van der Waals surface area contributed by atoms with Crippen LogP contribution in [0.3, 0.4) is 0 Å². The number of carboxylic acids is 1. The van der Waals surface area contributed by atoms with E-state index in [9.17, 15) is 29.4 Å². The van der Waals surface area contributed by atoms with Gasteiger partial charge in [0.05, 0.1) is 19.5 Å². The number of nitrogens with one attached hydrogen (secondary N) is 2. The lowest BCUT2D eigenvalue weighted by Crippen LogP contribution is -2.64. The monoisotopic (exact) mass is 378 g/mol. The van der Waals surface area contributed by atoms with E-state index in [0.29, 0.717) is 11.8 Å². The van der Waals surface area contributed by atoms with Crippen molar-refractivity contribution in [2.75, 3.05) is 5.75 Å². The number of rotatable bonds is 7. The minimum atomic E-state index is -2.54. The molecule has 0 spiro atoms. The van der Waals surface area contributed by atoms with E-state index in [2.05, 4.69) is 10.6 Å². The third kappa shape index (κ3) is 4.31. The van der Waals surface area contributed by atoms with Gasteiger partial charge in [0.25, 0.3) is 0 Å². The summed E-state index contributed by atoms with van der Waals surface area (Å²) in [7, 11) is 0. The van der Waals surface area contributed by atoms with Crippen molar-refractivity contribution in [3.63, 3.8) is 0 Å². The molecule has 0 aromatic heterocycles. The molecule has 0 bridgehead atoms. The smallest absolute Gasteiger partial charge is 0.327 e. The van der Waals surface area contributed by atoms with Gasteiger partial charge in [-0.1, -0.05) is 32.5 Å². The SMILES string of the molecule is [3H][C@](O)(C(C)C)[C@@]1(C(=O)SC[C@H](NC(C)=O)C(=O)O)NC(=O)[C@H](C)[C@@H]1O. The van der Waals surface area contributed by atoms with Crippen LogP contribution < -0.4 is 10.6 Å². The van der Waals surface area contributed by atoms with E-state index < -0.39 is 64.3 Å². The van der Waals surface area contributed by atoms with Crippen LogP contribution in [-0.2, 0) is 19.2 Å². The molecule has 1 aliphatic rings. The molecule has 25 heavy (non-hydrogen) atoms. The maximum atomic E-state index is 12.8. The summed E-state index contributed by atoms with van der Waals surface area (Å²) in [4.78, 5) is 47.1. The van der Waals surface area contributed by atoms with E-state index in [0.717, 1.165) is 6.92 Å². The lowest BCUT2D eigenvalue weighted by Gasteiger charge is -2.37. The summed E-state index contributed by atoms with van der Waals surface area (Å²) in [5.74, 6) is -4.96. The number of aliphatic hydroxyl groups is 2. The van der Waals surface area contributed by atoms with Crippen LogP contribution in [0, 0.1) is 11.8 Å². The van der Waals surface area contributed by atoms with Gasteiger partial charge < -0.3 is 26.0 Å². The first kappa shape index (κ1) is 19.7. The molecule has 0 aliphatic carbocycles. The Labute approximate surface area is 150 Å². The van der Waals surface area contributed by atoms with Crippen LogP contribution in [0.25, 0.3) is 0 Å². The molecule has 1 saturated heterocycles. The maximum Gasteiger partial charge on any atom is 0.327 e. The van der Waals surface area contributed by atoms with E-state index >= 15 is 0 Å². The number of hydrogen-bond donors (Lipinski definition) is 5. The topological polar surface area (TPSA) is 153 Å². The standard InChI is InChI=1S/C15H24N2O7S/c1-6(2)10(19)15(11(20)7(3)12(21)17-15)14(24)25-5-9(13(22)23)16-8(4)18/h6-7,9-11,19-20H,5H2,1-4H3,(H,16,18)(H,17,21)(H,22,23)/t7-,9+,10+,11+,15-/m1/s1/i10T. The summed E-state index contributed by atoms with van der Waals surface area (Å²) in [6.07, 6.45) is -4.21. The van der Waals surface area contributed by atoms with Gasteiger partial charge in [0.2, 0.25) is 16.9 Å². The Kier molecular flexibility index (Phi) is 6.42. The van der Waals surface area contributed by atoms with Gasteiger partial charge in [-0.25, -0.2) is 4.79 Å². The number of carbonyl (C=O) groups is 4. The van der Waals surface area contributed by atoms with E-state index in [1.165, 1.54) is 20.8 Å². The molecule has 1 heterocycles. The Bertz CT molecular complexity index is 613.